The van der Waals surface area contributed by atoms with Gasteiger partial charge in [0.1, 0.15) is 5.82 Å². The van der Waals surface area contributed by atoms with Crippen molar-refractivity contribution in [3.63, 3.8) is 0 Å². The van der Waals surface area contributed by atoms with Gasteiger partial charge in [-0.15, -0.1) is 11.3 Å². The van der Waals surface area contributed by atoms with Crippen molar-refractivity contribution < 1.29 is 4.79 Å². The predicted octanol–water partition coefficient (Wildman–Crippen LogP) is 3.05. The number of nitrogens with one attached hydrogen (secondary N) is 1. The van der Waals surface area contributed by atoms with Crippen molar-refractivity contribution >= 4 is 34.5 Å². The highest BCUT2D eigenvalue weighted by Gasteiger charge is 2.21. The summed E-state index contributed by atoms with van der Waals surface area (Å²) in [5.74, 6) is 1.82. The van der Waals surface area contributed by atoms with Crippen LogP contribution < -0.4 is 15.1 Å². The van der Waals surface area contributed by atoms with Crippen LogP contribution in [0.3, 0.4) is 0 Å². The van der Waals surface area contributed by atoms with E-state index < -0.39 is 0 Å². The molecule has 30 heavy (non-hydrogen) atoms. The molecular formula is C22H22N6OS. The topological polar surface area (TPSA) is 65.8 Å². The normalized spacial score (nSPS) is 14.3. The molecule has 7 nitrogen and oxygen atoms in total. The molecule has 0 aliphatic carbocycles. The van der Waals surface area contributed by atoms with Crippen LogP contribution in [-0.2, 0) is 6.54 Å². The van der Waals surface area contributed by atoms with Gasteiger partial charge in [-0.1, -0.05) is 6.07 Å². The molecule has 0 radical (unpaired) electrons. The second-order valence-corrected chi connectivity index (χ2v) is 8.22. The molecule has 1 aliphatic rings. The fourth-order valence-electron chi connectivity index (χ4n) is 3.75. The molecule has 5 rings (SSSR count). The molecule has 1 amide bonds. The summed E-state index contributed by atoms with van der Waals surface area (Å²) in [6, 6.07) is 13.9. The molecule has 1 fully saturated rings. The predicted molar refractivity (Wildman–Crippen MR) is 119 cm³/mol. The molecule has 0 aromatic carbocycles. The molecule has 5 heterocycles. The van der Waals surface area contributed by atoms with Gasteiger partial charge in [0.25, 0.3) is 5.91 Å². The maximum atomic E-state index is 12.6. The van der Waals surface area contributed by atoms with Gasteiger partial charge < -0.3 is 19.5 Å². The van der Waals surface area contributed by atoms with Crippen molar-refractivity contribution in [1.29, 1.82) is 0 Å². The lowest BCUT2D eigenvalue weighted by Crippen LogP contribution is -2.47. The Labute approximate surface area is 178 Å². The van der Waals surface area contributed by atoms with Crippen molar-refractivity contribution in [3.8, 4) is 0 Å². The summed E-state index contributed by atoms with van der Waals surface area (Å²) in [7, 11) is 0. The summed E-state index contributed by atoms with van der Waals surface area (Å²) in [5, 5.41) is 5.02. The van der Waals surface area contributed by atoms with Gasteiger partial charge >= 0.3 is 0 Å². The van der Waals surface area contributed by atoms with E-state index in [4.69, 9.17) is 0 Å². The van der Waals surface area contributed by atoms with Gasteiger partial charge in [-0.25, -0.2) is 9.97 Å². The number of amides is 1. The summed E-state index contributed by atoms with van der Waals surface area (Å²) < 4.78 is 2.11. The molecule has 0 spiro atoms. The number of carbonyl (C=O) groups excluding carboxylic acids is 1. The third kappa shape index (κ3) is 3.73. The molecule has 1 saturated heterocycles. The number of hydrogen-bond donors (Lipinski definition) is 1. The number of nitrogens with zero attached hydrogens (tertiary/aromatic N) is 5. The first-order chi connectivity index (χ1) is 14.8. The van der Waals surface area contributed by atoms with E-state index in [0.29, 0.717) is 12.1 Å². The monoisotopic (exact) mass is 418 g/mol. The SMILES string of the molecule is O=C(NCc1cccs1)c1ccc2ccc(N3CCN(c4ncccn4)CC3)n2c1. The Morgan fingerprint density at radius 2 is 1.73 bits per heavy atom. The van der Waals surface area contributed by atoms with Gasteiger partial charge in [0, 0.05) is 55.2 Å². The van der Waals surface area contributed by atoms with E-state index in [1.54, 1.807) is 23.7 Å². The second kappa shape index (κ2) is 8.16. The Bertz CT molecular complexity index is 1130. The molecule has 4 aromatic heterocycles. The summed E-state index contributed by atoms with van der Waals surface area (Å²) in [4.78, 5) is 27.0. The average molecular weight is 419 g/mol. The molecular weight excluding hydrogens is 396 g/mol. The molecule has 1 N–H and O–H groups in total. The lowest BCUT2D eigenvalue weighted by molar-refractivity contribution is 0.0951. The number of carbonyl (C=O) groups is 1. The highest BCUT2D eigenvalue weighted by Crippen LogP contribution is 2.23. The molecule has 8 heteroatoms. The molecule has 4 aromatic rings. The highest BCUT2D eigenvalue weighted by molar-refractivity contribution is 7.09. The number of rotatable bonds is 5. The number of fused-ring (bicyclic) bond motifs is 1. The standard InChI is InChI=1S/C22H22N6OS/c29-21(25-15-19-3-1-14-30-19)17-4-5-18-6-7-20(28(18)16-17)26-10-12-27(13-11-26)22-23-8-2-9-24-22/h1-9,14,16H,10-13,15H2,(H,25,29). The third-order valence-electron chi connectivity index (χ3n) is 5.33. The quantitative estimate of drug-likeness (QED) is 0.540. The van der Waals surface area contributed by atoms with Gasteiger partial charge in [0.15, 0.2) is 0 Å². The van der Waals surface area contributed by atoms with Gasteiger partial charge in [-0.2, -0.15) is 0 Å². The van der Waals surface area contributed by atoms with Crippen molar-refractivity contribution in [2.75, 3.05) is 36.0 Å². The first-order valence-electron chi connectivity index (χ1n) is 9.96. The molecule has 0 saturated carbocycles. The number of piperazine rings is 1. The van der Waals surface area contributed by atoms with Crippen LogP contribution in [0.1, 0.15) is 15.2 Å². The van der Waals surface area contributed by atoms with Crippen LogP contribution in [0.25, 0.3) is 5.52 Å². The summed E-state index contributed by atoms with van der Waals surface area (Å²) in [6.07, 6.45) is 5.49. The first-order valence-corrected chi connectivity index (χ1v) is 10.8. The lowest BCUT2D eigenvalue weighted by Gasteiger charge is -2.35. The van der Waals surface area contributed by atoms with Crippen molar-refractivity contribution in [2.45, 2.75) is 6.54 Å². The Kier molecular flexibility index (Phi) is 5.06. The van der Waals surface area contributed by atoms with Crippen molar-refractivity contribution in [1.82, 2.24) is 19.7 Å². The van der Waals surface area contributed by atoms with Crippen LogP contribution in [0, 0.1) is 0 Å². The lowest BCUT2D eigenvalue weighted by atomic mass is 10.2. The van der Waals surface area contributed by atoms with Gasteiger partial charge in [0.05, 0.1) is 12.1 Å². The van der Waals surface area contributed by atoms with E-state index in [9.17, 15) is 4.79 Å². The van der Waals surface area contributed by atoms with Crippen molar-refractivity contribution in [3.05, 3.63) is 76.9 Å². The van der Waals surface area contributed by atoms with Crippen LogP contribution in [0.4, 0.5) is 11.8 Å². The fourth-order valence-corrected chi connectivity index (χ4v) is 4.40. The number of hydrogen-bond acceptors (Lipinski definition) is 6. The van der Waals surface area contributed by atoms with E-state index in [0.717, 1.165) is 48.3 Å². The van der Waals surface area contributed by atoms with Crippen LogP contribution >= 0.6 is 11.3 Å². The summed E-state index contributed by atoms with van der Waals surface area (Å²) in [6.45, 7) is 4.02. The fraction of sp³-hybridized carbons (Fsp3) is 0.227. The summed E-state index contributed by atoms with van der Waals surface area (Å²) in [5.41, 5.74) is 1.74. The Hall–Kier alpha value is -3.39. The molecule has 0 atom stereocenters. The number of anilines is 2. The smallest absolute Gasteiger partial charge is 0.253 e. The van der Waals surface area contributed by atoms with E-state index in [1.165, 1.54) is 0 Å². The van der Waals surface area contributed by atoms with Crippen LogP contribution in [0.2, 0.25) is 0 Å². The summed E-state index contributed by atoms with van der Waals surface area (Å²) >= 11 is 1.64. The minimum absolute atomic E-state index is 0.0593. The average Bonchev–Trinajstić information content (AvgIpc) is 3.48. The van der Waals surface area contributed by atoms with E-state index >= 15 is 0 Å². The number of aromatic nitrogens is 3. The zero-order valence-corrected chi connectivity index (χ0v) is 17.3. The maximum Gasteiger partial charge on any atom is 0.253 e. The minimum atomic E-state index is -0.0593. The highest BCUT2D eigenvalue weighted by atomic mass is 32.1. The Morgan fingerprint density at radius 3 is 2.50 bits per heavy atom. The van der Waals surface area contributed by atoms with E-state index in [-0.39, 0.29) is 5.91 Å². The molecule has 1 aliphatic heterocycles. The van der Waals surface area contributed by atoms with Crippen LogP contribution in [-0.4, -0.2) is 46.5 Å². The van der Waals surface area contributed by atoms with E-state index in [1.807, 2.05) is 41.9 Å². The largest absolute Gasteiger partial charge is 0.354 e. The van der Waals surface area contributed by atoms with Crippen molar-refractivity contribution in [2.24, 2.45) is 0 Å². The molecule has 0 unspecified atom stereocenters. The van der Waals surface area contributed by atoms with E-state index in [2.05, 4.69) is 41.6 Å². The zero-order valence-electron chi connectivity index (χ0n) is 16.4. The second-order valence-electron chi connectivity index (χ2n) is 7.19. The van der Waals surface area contributed by atoms with Gasteiger partial charge in [0.2, 0.25) is 5.95 Å². The Balaban J connectivity index is 1.30. The van der Waals surface area contributed by atoms with Gasteiger partial charge in [-0.3, -0.25) is 4.79 Å². The van der Waals surface area contributed by atoms with Gasteiger partial charge in [-0.05, 0) is 41.8 Å². The minimum Gasteiger partial charge on any atom is -0.354 e. The molecule has 152 valence electrons. The number of thiophene rings is 1. The Morgan fingerprint density at radius 1 is 0.967 bits per heavy atom. The van der Waals surface area contributed by atoms with Crippen LogP contribution in [0.15, 0.2) is 66.4 Å². The zero-order chi connectivity index (χ0) is 20.3. The number of pyridine rings is 1. The molecule has 0 bridgehead atoms. The first kappa shape index (κ1) is 18.6. The van der Waals surface area contributed by atoms with Crippen LogP contribution in [0.5, 0.6) is 0 Å². The third-order valence-corrected chi connectivity index (χ3v) is 6.21. The maximum absolute atomic E-state index is 12.6.